The van der Waals surface area contributed by atoms with Crippen molar-refractivity contribution in [2.24, 2.45) is 0 Å². The number of carbonyl (C=O) groups is 1. The molecule has 5 aromatic rings. The summed E-state index contributed by atoms with van der Waals surface area (Å²) in [7, 11) is 10.0. The molecule has 0 atom stereocenters. The molecule has 0 aromatic heterocycles. The summed E-state index contributed by atoms with van der Waals surface area (Å²) in [6.07, 6.45) is 1.05. The molecular formula is C34H30Cl2NOSiTi-2. The largest absolute Gasteiger partial charge is 0.179 e. The normalized spacial score (nSPS) is 10.2. The van der Waals surface area contributed by atoms with Gasteiger partial charge < -0.3 is 10.5 Å². The molecule has 1 radical (unpaired) electrons. The predicted octanol–water partition coefficient (Wildman–Crippen LogP) is 8.00. The van der Waals surface area contributed by atoms with E-state index in [2.05, 4.69) is 103 Å². The molecule has 0 saturated carbocycles. The van der Waals surface area contributed by atoms with Crippen molar-refractivity contribution in [1.29, 1.82) is 0 Å². The van der Waals surface area contributed by atoms with E-state index in [4.69, 9.17) is 24.3 Å². The van der Waals surface area contributed by atoms with Crippen molar-refractivity contribution in [3.8, 4) is 11.1 Å². The summed E-state index contributed by atoms with van der Waals surface area (Å²) in [5.41, 5.74) is 14.8. The van der Waals surface area contributed by atoms with Gasteiger partial charge in [-0.15, -0.1) is 5.56 Å². The van der Waals surface area contributed by atoms with Crippen LogP contribution in [-0.2, 0) is 23.5 Å². The number of amides is 1. The van der Waals surface area contributed by atoms with Gasteiger partial charge in [0.15, 0.2) is 0 Å². The van der Waals surface area contributed by atoms with Crippen molar-refractivity contribution < 1.29 is 21.8 Å². The Bertz CT molecular complexity index is 1400. The van der Waals surface area contributed by atoms with Crippen LogP contribution in [0.25, 0.3) is 16.9 Å². The van der Waals surface area contributed by atoms with E-state index in [9.17, 15) is 4.79 Å². The van der Waals surface area contributed by atoms with E-state index in [-0.39, 0.29) is 9.52 Å². The summed E-state index contributed by atoms with van der Waals surface area (Å²) in [6, 6.07) is 45.0. The number of nitrogens with one attached hydrogen (secondary N) is 1. The maximum atomic E-state index is 10.8. The molecule has 0 aliphatic heterocycles. The second-order valence-electron chi connectivity index (χ2n) is 9.03. The maximum absolute atomic E-state index is 10.8. The SMILES string of the molecule is Cc1cccc(C)c1C([NH-])=O.[Cl][Ti][Cl].[c-]1cccc2c1Cc1ccccc1-2.c1ccc([SiH]c2ccccc2)cc1. The molecule has 0 bridgehead atoms. The number of hydrogen-bond donors (Lipinski definition) is 0. The van der Waals surface area contributed by atoms with Crippen LogP contribution in [0.5, 0.6) is 0 Å². The van der Waals surface area contributed by atoms with Crippen molar-refractivity contribution in [2.75, 3.05) is 0 Å². The minimum absolute atomic E-state index is 0.271. The monoisotopic (exact) mass is 614 g/mol. The summed E-state index contributed by atoms with van der Waals surface area (Å²) >= 11 is -0.556. The van der Waals surface area contributed by atoms with E-state index in [0.717, 1.165) is 17.5 Å². The minimum atomic E-state index is -0.597. The topological polar surface area (TPSA) is 40.9 Å². The van der Waals surface area contributed by atoms with E-state index < -0.39 is 22.9 Å². The molecule has 0 unspecified atom stereocenters. The van der Waals surface area contributed by atoms with Crippen LogP contribution in [0, 0.1) is 19.9 Å². The van der Waals surface area contributed by atoms with E-state index >= 15 is 0 Å². The molecule has 6 heteroatoms. The molecule has 40 heavy (non-hydrogen) atoms. The first-order valence-electron chi connectivity index (χ1n) is 12.8. The molecule has 0 fully saturated rings. The number of halogens is 2. The molecule has 201 valence electrons. The van der Waals surface area contributed by atoms with Gasteiger partial charge in [0.2, 0.25) is 0 Å². The number of aryl methyl sites for hydroxylation is 2. The van der Waals surface area contributed by atoms with Crippen LogP contribution in [0.4, 0.5) is 0 Å². The predicted molar refractivity (Wildman–Crippen MR) is 169 cm³/mol. The zero-order valence-corrected chi connectivity index (χ0v) is 26.7. The third-order valence-electron chi connectivity index (χ3n) is 6.26. The minimum Gasteiger partial charge on any atom is -0.179 e. The van der Waals surface area contributed by atoms with E-state index in [1.807, 2.05) is 38.1 Å². The van der Waals surface area contributed by atoms with Gasteiger partial charge in [-0.3, -0.25) is 0 Å². The molecule has 5 aromatic carbocycles. The third-order valence-corrected chi connectivity index (χ3v) is 7.69. The third kappa shape index (κ3) is 9.62. The van der Waals surface area contributed by atoms with Crippen molar-refractivity contribution in [1.82, 2.24) is 0 Å². The fourth-order valence-corrected chi connectivity index (χ4v) is 5.68. The summed E-state index contributed by atoms with van der Waals surface area (Å²) in [4.78, 5) is 10.8. The first-order chi connectivity index (χ1) is 19.4. The quantitative estimate of drug-likeness (QED) is 0.147. The Morgan fingerprint density at radius 1 is 0.725 bits per heavy atom. The molecule has 0 heterocycles. The summed E-state index contributed by atoms with van der Waals surface area (Å²) in [5.74, 6) is -0.597. The summed E-state index contributed by atoms with van der Waals surface area (Å²) in [6.45, 7) is 3.68. The van der Waals surface area contributed by atoms with Crippen LogP contribution in [0.1, 0.15) is 32.6 Å². The average Bonchev–Trinajstić information content (AvgIpc) is 3.34. The fraction of sp³-hybridized carbons (Fsp3) is 0.0882. The smallest absolute Gasteiger partial charge is 0.103 e. The van der Waals surface area contributed by atoms with Gasteiger partial charge in [-0.1, -0.05) is 125 Å². The molecule has 0 spiro atoms. The first-order valence-corrected chi connectivity index (χ1v) is 18.2. The van der Waals surface area contributed by atoms with Gasteiger partial charge in [0.25, 0.3) is 0 Å². The van der Waals surface area contributed by atoms with Crippen molar-refractivity contribution in [3.63, 3.8) is 0 Å². The number of fused-ring (bicyclic) bond motifs is 3. The standard InChI is InChI=1S/C13H9.C12H11Si.C9H11NO.2ClH.Ti/c1-3-7-12-10(5-1)9-11-6-2-4-8-13(11)12;1-3-7-11(8-4-1)13-12-9-5-2-6-10-12;1-6-4-3-5-7(2)8(6)9(10)11;;;/h1-5,7-8H,9H2;1-10,13H;3-5H,1-2H3,(H2,10,11);2*1H;/q-1;;;;;+2/p-3. The Morgan fingerprint density at radius 3 is 1.75 bits per heavy atom. The molecule has 1 N–H and O–H groups in total. The van der Waals surface area contributed by atoms with Crippen molar-refractivity contribution in [2.45, 2.75) is 20.3 Å². The molecule has 1 amide bonds. The maximum Gasteiger partial charge on any atom is 0.103 e. The Balaban J connectivity index is 0.000000158. The van der Waals surface area contributed by atoms with E-state index in [1.165, 1.54) is 32.6 Å². The van der Waals surface area contributed by atoms with Gasteiger partial charge in [-0.2, -0.15) is 29.8 Å². The van der Waals surface area contributed by atoms with Crippen LogP contribution < -0.4 is 10.4 Å². The molecule has 6 rings (SSSR count). The average molecular weight is 615 g/mol. The summed E-state index contributed by atoms with van der Waals surface area (Å²) < 4.78 is 0. The Morgan fingerprint density at radius 2 is 1.23 bits per heavy atom. The van der Waals surface area contributed by atoms with Crippen LogP contribution in [0.2, 0.25) is 0 Å². The summed E-state index contributed by atoms with van der Waals surface area (Å²) in [5, 5.41) is 2.90. The number of hydrogen-bond acceptors (Lipinski definition) is 1. The van der Waals surface area contributed by atoms with Gasteiger partial charge in [0.05, 0.1) is 5.91 Å². The van der Waals surface area contributed by atoms with Gasteiger partial charge in [-0.25, -0.2) is 0 Å². The molecule has 1 aliphatic carbocycles. The van der Waals surface area contributed by atoms with Crippen LogP contribution in [-0.4, -0.2) is 15.4 Å². The molecule has 0 saturated heterocycles. The number of carbonyl (C=O) groups excluding carboxylic acids is 1. The Kier molecular flexibility index (Phi) is 13.4. The number of benzene rings is 5. The van der Waals surface area contributed by atoms with Crippen molar-refractivity contribution in [3.05, 3.63) is 161 Å². The van der Waals surface area contributed by atoms with E-state index in [1.54, 1.807) is 0 Å². The van der Waals surface area contributed by atoms with Gasteiger partial charge in [0, 0.05) is 5.56 Å². The Hall–Kier alpha value is -2.92. The first kappa shape index (κ1) is 31.6. The zero-order valence-electron chi connectivity index (χ0n) is 22.5. The van der Waals surface area contributed by atoms with Gasteiger partial charge >= 0.3 is 35.6 Å². The van der Waals surface area contributed by atoms with Crippen LogP contribution in [0.3, 0.4) is 0 Å². The second kappa shape index (κ2) is 17.0. The number of rotatable bonds is 3. The Labute approximate surface area is 257 Å². The second-order valence-corrected chi connectivity index (χ2v) is 13.2. The van der Waals surface area contributed by atoms with Crippen molar-refractivity contribution >= 4 is 44.4 Å². The molecular weight excluding hydrogens is 585 g/mol. The molecule has 1 aliphatic rings. The van der Waals surface area contributed by atoms with E-state index in [0.29, 0.717) is 5.56 Å². The van der Waals surface area contributed by atoms with Crippen LogP contribution >= 0.6 is 18.6 Å². The van der Waals surface area contributed by atoms with Crippen LogP contribution in [0.15, 0.2) is 121 Å². The molecule has 2 nitrogen and oxygen atoms in total. The van der Waals surface area contributed by atoms with Gasteiger partial charge in [0.1, 0.15) is 9.52 Å². The zero-order chi connectivity index (χ0) is 28.7. The fourth-order valence-electron chi connectivity index (χ4n) is 4.46. The van der Waals surface area contributed by atoms with Gasteiger partial charge in [-0.05, 0) is 31.4 Å².